The summed E-state index contributed by atoms with van der Waals surface area (Å²) in [6.45, 7) is 0.445. The number of hydrogen-bond acceptors (Lipinski definition) is 4. The molecule has 136 valence electrons. The maximum atomic E-state index is 12.5. The second-order valence-electron chi connectivity index (χ2n) is 5.71. The van der Waals surface area contributed by atoms with Gasteiger partial charge >= 0.3 is 0 Å². The van der Waals surface area contributed by atoms with Crippen LogP contribution in [0.25, 0.3) is 10.6 Å². The monoisotopic (exact) mass is 417 g/mol. The lowest BCUT2D eigenvalue weighted by Crippen LogP contribution is -2.13. The first-order chi connectivity index (χ1) is 13.1. The molecule has 0 radical (unpaired) electrons. The van der Waals surface area contributed by atoms with Gasteiger partial charge in [0.15, 0.2) is 11.5 Å². The van der Waals surface area contributed by atoms with E-state index in [1.165, 1.54) is 0 Å². The Balaban J connectivity index is 1.49. The summed E-state index contributed by atoms with van der Waals surface area (Å²) in [6.07, 6.45) is 1.64. The van der Waals surface area contributed by atoms with Crippen molar-refractivity contribution in [2.24, 2.45) is 0 Å². The quantitative estimate of drug-likeness (QED) is 0.482. The zero-order chi connectivity index (χ0) is 18.8. The van der Waals surface area contributed by atoms with Gasteiger partial charge in [0, 0.05) is 11.2 Å². The van der Waals surface area contributed by atoms with Crippen LogP contribution in [0.15, 0.2) is 54.0 Å². The van der Waals surface area contributed by atoms with Gasteiger partial charge in [-0.3, -0.25) is 14.6 Å². The molecule has 0 unspecified atom stereocenters. The van der Waals surface area contributed by atoms with Crippen molar-refractivity contribution in [3.05, 3.63) is 75.3 Å². The van der Waals surface area contributed by atoms with Crippen molar-refractivity contribution < 1.29 is 4.79 Å². The number of carbonyl (C=O) groups excluding carboxylic acids is 1. The van der Waals surface area contributed by atoms with E-state index in [0.29, 0.717) is 16.6 Å². The number of nitrogens with zero attached hydrogens (tertiary/aromatic N) is 3. The fourth-order valence-electron chi connectivity index (χ4n) is 2.53. The molecule has 2 N–H and O–H groups in total. The lowest BCUT2D eigenvalue weighted by molar-refractivity contribution is 0.102. The van der Waals surface area contributed by atoms with Crippen molar-refractivity contribution in [1.82, 2.24) is 20.0 Å². The van der Waals surface area contributed by atoms with Crippen molar-refractivity contribution in [3.8, 4) is 10.6 Å². The van der Waals surface area contributed by atoms with Gasteiger partial charge in [0.2, 0.25) is 0 Å². The number of H-pyrrole nitrogens is 1. The SMILES string of the molecule is O=C(Nc1nn(Cc2ccccc2Cl)cc1Cl)c1cc(-c2cccs2)[nH]n1. The number of benzene rings is 1. The minimum absolute atomic E-state index is 0.259. The highest BCUT2D eigenvalue weighted by molar-refractivity contribution is 7.13. The molecule has 3 heterocycles. The molecule has 0 fully saturated rings. The van der Waals surface area contributed by atoms with Crippen molar-refractivity contribution >= 4 is 46.3 Å². The largest absolute Gasteiger partial charge is 0.302 e. The summed E-state index contributed by atoms with van der Waals surface area (Å²) in [7, 11) is 0. The average Bonchev–Trinajstić information content (AvgIpc) is 3.38. The van der Waals surface area contributed by atoms with Crippen molar-refractivity contribution in [2.75, 3.05) is 5.32 Å². The van der Waals surface area contributed by atoms with Crippen LogP contribution in [0.1, 0.15) is 16.1 Å². The fourth-order valence-corrected chi connectivity index (χ4v) is 3.62. The first kappa shape index (κ1) is 17.8. The van der Waals surface area contributed by atoms with E-state index in [1.54, 1.807) is 28.3 Å². The number of hydrogen-bond donors (Lipinski definition) is 2. The summed E-state index contributed by atoms with van der Waals surface area (Å²) >= 11 is 13.9. The number of amides is 1. The summed E-state index contributed by atoms with van der Waals surface area (Å²) in [5.74, 6) is -0.117. The van der Waals surface area contributed by atoms with Crippen LogP contribution >= 0.6 is 34.5 Å². The number of rotatable bonds is 5. The van der Waals surface area contributed by atoms with Gasteiger partial charge in [-0.25, -0.2) is 0 Å². The highest BCUT2D eigenvalue weighted by Gasteiger charge is 2.16. The van der Waals surface area contributed by atoms with E-state index in [0.717, 1.165) is 16.1 Å². The number of thiophene rings is 1. The first-order valence-electron chi connectivity index (χ1n) is 7.97. The Labute approximate surface area is 168 Å². The maximum absolute atomic E-state index is 12.5. The third-order valence-electron chi connectivity index (χ3n) is 3.84. The predicted molar refractivity (Wildman–Crippen MR) is 108 cm³/mol. The summed E-state index contributed by atoms with van der Waals surface area (Å²) in [4.78, 5) is 13.5. The van der Waals surface area contributed by atoms with E-state index in [1.807, 2.05) is 41.8 Å². The Morgan fingerprint density at radius 2 is 2.04 bits per heavy atom. The maximum Gasteiger partial charge on any atom is 0.277 e. The zero-order valence-corrected chi connectivity index (χ0v) is 16.1. The van der Waals surface area contributed by atoms with Crippen LogP contribution in [0.4, 0.5) is 5.82 Å². The van der Waals surface area contributed by atoms with Gasteiger partial charge < -0.3 is 5.32 Å². The van der Waals surface area contributed by atoms with Gasteiger partial charge in [-0.1, -0.05) is 47.5 Å². The zero-order valence-electron chi connectivity index (χ0n) is 13.8. The third-order valence-corrected chi connectivity index (χ3v) is 5.38. The summed E-state index contributed by atoms with van der Waals surface area (Å²) in [5.41, 5.74) is 1.95. The van der Waals surface area contributed by atoms with Gasteiger partial charge in [-0.15, -0.1) is 11.3 Å². The second kappa shape index (κ2) is 7.56. The minimum atomic E-state index is -0.390. The molecule has 9 heteroatoms. The number of nitrogens with one attached hydrogen (secondary N) is 2. The molecular formula is C18H13Cl2N5OS. The molecule has 0 saturated carbocycles. The smallest absolute Gasteiger partial charge is 0.277 e. The molecule has 1 amide bonds. The molecule has 0 aliphatic heterocycles. The Hall–Kier alpha value is -2.61. The first-order valence-corrected chi connectivity index (χ1v) is 9.61. The predicted octanol–water partition coefficient (Wildman–Crippen LogP) is 4.94. The molecule has 0 spiro atoms. The fraction of sp³-hybridized carbons (Fsp3) is 0.0556. The minimum Gasteiger partial charge on any atom is -0.302 e. The Morgan fingerprint density at radius 1 is 1.19 bits per heavy atom. The van der Waals surface area contributed by atoms with Gasteiger partial charge in [-0.2, -0.15) is 10.2 Å². The van der Waals surface area contributed by atoms with Gasteiger partial charge in [-0.05, 0) is 29.1 Å². The normalized spacial score (nSPS) is 10.9. The molecule has 3 aromatic heterocycles. The molecule has 27 heavy (non-hydrogen) atoms. The molecule has 0 bridgehead atoms. The molecule has 0 aliphatic carbocycles. The van der Waals surface area contributed by atoms with Crippen molar-refractivity contribution in [1.29, 1.82) is 0 Å². The molecule has 0 saturated heterocycles. The standard InChI is InChI=1S/C18H13Cl2N5OS/c19-12-5-2-1-4-11(12)9-25-10-13(20)17(24-25)21-18(26)15-8-14(22-23-15)16-6-3-7-27-16/h1-8,10H,9H2,(H,22,23)(H,21,24,26). The molecule has 4 aromatic rings. The van der Waals surface area contributed by atoms with E-state index in [9.17, 15) is 4.79 Å². The lowest BCUT2D eigenvalue weighted by atomic mass is 10.2. The van der Waals surface area contributed by atoms with Crippen molar-refractivity contribution in [2.45, 2.75) is 6.54 Å². The van der Waals surface area contributed by atoms with Gasteiger partial charge in [0.25, 0.3) is 5.91 Å². The topological polar surface area (TPSA) is 75.6 Å². The van der Waals surface area contributed by atoms with Crippen LogP contribution in [0.3, 0.4) is 0 Å². The average molecular weight is 418 g/mol. The highest BCUT2D eigenvalue weighted by Crippen LogP contribution is 2.25. The van der Waals surface area contributed by atoms with E-state index in [2.05, 4.69) is 20.6 Å². The molecule has 4 rings (SSSR count). The van der Waals surface area contributed by atoms with Crippen LogP contribution < -0.4 is 5.32 Å². The number of aromatic amines is 1. The van der Waals surface area contributed by atoms with Crippen LogP contribution in [0.2, 0.25) is 10.0 Å². The van der Waals surface area contributed by atoms with Crippen LogP contribution in [-0.4, -0.2) is 25.9 Å². The number of aromatic nitrogens is 4. The lowest BCUT2D eigenvalue weighted by Gasteiger charge is -2.04. The molecular weight excluding hydrogens is 405 g/mol. The number of carbonyl (C=O) groups is 1. The molecule has 1 aromatic carbocycles. The summed E-state index contributed by atoms with van der Waals surface area (Å²) < 4.78 is 1.63. The highest BCUT2D eigenvalue weighted by atomic mass is 35.5. The molecule has 6 nitrogen and oxygen atoms in total. The molecule has 0 aliphatic rings. The Morgan fingerprint density at radius 3 is 2.81 bits per heavy atom. The van der Waals surface area contributed by atoms with Crippen LogP contribution in [0.5, 0.6) is 0 Å². The Kier molecular flexibility index (Phi) is 4.98. The van der Waals surface area contributed by atoms with E-state index in [-0.39, 0.29) is 17.4 Å². The van der Waals surface area contributed by atoms with E-state index in [4.69, 9.17) is 23.2 Å². The van der Waals surface area contributed by atoms with Crippen LogP contribution in [0, 0.1) is 0 Å². The number of anilines is 1. The van der Waals surface area contributed by atoms with Gasteiger partial charge in [0.05, 0.1) is 17.1 Å². The summed E-state index contributed by atoms with van der Waals surface area (Å²) in [6, 6.07) is 13.1. The van der Waals surface area contributed by atoms with Crippen LogP contribution in [-0.2, 0) is 6.54 Å². The second-order valence-corrected chi connectivity index (χ2v) is 7.48. The summed E-state index contributed by atoms with van der Waals surface area (Å²) in [5, 5.41) is 16.9. The Bertz CT molecular complexity index is 1090. The van der Waals surface area contributed by atoms with E-state index >= 15 is 0 Å². The van der Waals surface area contributed by atoms with Gasteiger partial charge in [0.1, 0.15) is 5.02 Å². The number of halogens is 2. The van der Waals surface area contributed by atoms with E-state index < -0.39 is 0 Å². The van der Waals surface area contributed by atoms with Crippen molar-refractivity contribution in [3.63, 3.8) is 0 Å². The molecule has 0 atom stereocenters. The third kappa shape index (κ3) is 3.90.